The van der Waals surface area contributed by atoms with Crippen LogP contribution in [0, 0.1) is 12.8 Å². The maximum Gasteiger partial charge on any atom is 0.251 e. The fourth-order valence-electron chi connectivity index (χ4n) is 2.49. The molecule has 0 unspecified atom stereocenters. The lowest BCUT2D eigenvalue weighted by molar-refractivity contribution is -0.122. The van der Waals surface area contributed by atoms with Crippen molar-refractivity contribution in [3.8, 4) is 0 Å². The molecular formula is C19H24N2O2S. The molecule has 2 N–H and O–H groups in total. The van der Waals surface area contributed by atoms with Crippen molar-refractivity contribution in [2.75, 3.05) is 6.54 Å². The molecule has 0 saturated carbocycles. The minimum atomic E-state index is -0.139. The summed E-state index contributed by atoms with van der Waals surface area (Å²) in [7, 11) is 0. The average molecular weight is 344 g/mol. The number of carbonyl (C=O) groups excluding carboxylic acids is 2. The molecule has 0 aliphatic carbocycles. The number of benzene rings is 1. The van der Waals surface area contributed by atoms with Gasteiger partial charge in [0.05, 0.1) is 6.04 Å². The van der Waals surface area contributed by atoms with E-state index in [1.54, 1.807) is 17.4 Å². The van der Waals surface area contributed by atoms with Gasteiger partial charge in [-0.3, -0.25) is 9.59 Å². The van der Waals surface area contributed by atoms with E-state index in [1.807, 2.05) is 42.6 Å². The van der Waals surface area contributed by atoms with E-state index in [2.05, 4.69) is 24.5 Å². The monoisotopic (exact) mass is 344 g/mol. The zero-order valence-corrected chi connectivity index (χ0v) is 15.2. The SMILES string of the molecule is Cc1ccccc1C(=O)NCCC(=O)N[C@H](c1cccs1)C(C)C. The molecule has 2 amide bonds. The fraction of sp³-hybridized carbons (Fsp3) is 0.368. The van der Waals surface area contributed by atoms with Crippen LogP contribution >= 0.6 is 11.3 Å². The zero-order chi connectivity index (χ0) is 17.5. The Hall–Kier alpha value is -2.14. The van der Waals surface area contributed by atoms with Gasteiger partial charge in [0, 0.05) is 23.4 Å². The van der Waals surface area contributed by atoms with Gasteiger partial charge >= 0.3 is 0 Å². The van der Waals surface area contributed by atoms with Crippen molar-refractivity contribution in [1.29, 1.82) is 0 Å². The lowest BCUT2D eigenvalue weighted by Gasteiger charge is -2.21. The number of amides is 2. The average Bonchev–Trinajstić information content (AvgIpc) is 3.06. The van der Waals surface area contributed by atoms with Crippen molar-refractivity contribution in [2.24, 2.45) is 5.92 Å². The first kappa shape index (κ1) is 18.2. The summed E-state index contributed by atoms with van der Waals surface area (Å²) in [6.45, 7) is 6.40. The lowest BCUT2D eigenvalue weighted by atomic mass is 10.0. The van der Waals surface area contributed by atoms with Crippen molar-refractivity contribution in [2.45, 2.75) is 33.2 Å². The van der Waals surface area contributed by atoms with Gasteiger partial charge in [0.25, 0.3) is 5.91 Å². The van der Waals surface area contributed by atoms with Gasteiger partial charge in [0.15, 0.2) is 0 Å². The quantitative estimate of drug-likeness (QED) is 0.805. The molecule has 0 aliphatic rings. The fourth-order valence-corrected chi connectivity index (χ4v) is 3.44. The standard InChI is InChI=1S/C19H24N2O2S/c1-13(2)18(16-9-6-12-24-16)21-17(22)10-11-20-19(23)15-8-5-4-7-14(15)3/h4-9,12-13,18H,10-11H2,1-3H3,(H,20,23)(H,21,22)/t18-/m0/s1. The Labute approximate surface area is 147 Å². The van der Waals surface area contributed by atoms with E-state index in [4.69, 9.17) is 0 Å². The second-order valence-corrected chi connectivity index (χ2v) is 7.10. The first-order valence-electron chi connectivity index (χ1n) is 8.15. The van der Waals surface area contributed by atoms with Gasteiger partial charge in [-0.25, -0.2) is 0 Å². The van der Waals surface area contributed by atoms with Gasteiger partial charge in [-0.15, -0.1) is 11.3 Å². The van der Waals surface area contributed by atoms with Crippen LogP contribution in [-0.4, -0.2) is 18.4 Å². The highest BCUT2D eigenvalue weighted by Crippen LogP contribution is 2.25. The lowest BCUT2D eigenvalue weighted by Crippen LogP contribution is -2.34. The smallest absolute Gasteiger partial charge is 0.251 e. The summed E-state index contributed by atoms with van der Waals surface area (Å²) in [4.78, 5) is 25.5. The largest absolute Gasteiger partial charge is 0.352 e. The van der Waals surface area contributed by atoms with Gasteiger partial charge in [-0.2, -0.15) is 0 Å². The molecule has 2 rings (SSSR count). The van der Waals surface area contributed by atoms with Crippen LogP contribution in [-0.2, 0) is 4.79 Å². The maximum absolute atomic E-state index is 12.2. The minimum absolute atomic E-state index is 0.0181. The Morgan fingerprint density at radius 2 is 1.88 bits per heavy atom. The van der Waals surface area contributed by atoms with Gasteiger partial charge in [-0.05, 0) is 35.9 Å². The normalized spacial score (nSPS) is 12.0. The molecule has 0 spiro atoms. The highest BCUT2D eigenvalue weighted by atomic mass is 32.1. The van der Waals surface area contributed by atoms with E-state index in [0.717, 1.165) is 10.4 Å². The molecule has 128 valence electrons. The Morgan fingerprint density at radius 1 is 1.12 bits per heavy atom. The summed E-state index contributed by atoms with van der Waals surface area (Å²) in [5, 5.41) is 7.89. The van der Waals surface area contributed by atoms with Crippen LogP contribution in [0.2, 0.25) is 0 Å². The van der Waals surface area contributed by atoms with Gasteiger partial charge in [-0.1, -0.05) is 38.1 Å². The summed E-state index contributed by atoms with van der Waals surface area (Å²) in [6, 6.07) is 11.5. The van der Waals surface area contributed by atoms with Gasteiger partial charge in [0.1, 0.15) is 0 Å². The summed E-state index contributed by atoms with van der Waals surface area (Å²) < 4.78 is 0. The number of nitrogens with one attached hydrogen (secondary N) is 2. The highest BCUT2D eigenvalue weighted by Gasteiger charge is 2.19. The van der Waals surface area contributed by atoms with E-state index < -0.39 is 0 Å². The molecule has 4 nitrogen and oxygen atoms in total. The maximum atomic E-state index is 12.2. The molecule has 0 saturated heterocycles. The van der Waals surface area contributed by atoms with E-state index >= 15 is 0 Å². The highest BCUT2D eigenvalue weighted by molar-refractivity contribution is 7.10. The van der Waals surface area contributed by atoms with Crippen LogP contribution in [0.3, 0.4) is 0 Å². The number of aryl methyl sites for hydroxylation is 1. The number of thiophene rings is 1. The second kappa shape index (κ2) is 8.64. The molecule has 0 aliphatic heterocycles. The van der Waals surface area contributed by atoms with Crippen LogP contribution in [0.25, 0.3) is 0 Å². The third kappa shape index (κ3) is 4.93. The molecule has 0 bridgehead atoms. The number of hydrogen-bond acceptors (Lipinski definition) is 3. The first-order valence-corrected chi connectivity index (χ1v) is 9.03. The molecular weight excluding hydrogens is 320 g/mol. The van der Waals surface area contributed by atoms with E-state index in [-0.39, 0.29) is 24.3 Å². The summed E-state index contributed by atoms with van der Waals surface area (Å²) in [6.07, 6.45) is 0.270. The third-order valence-corrected chi connectivity index (χ3v) is 4.82. The van der Waals surface area contributed by atoms with Crippen molar-refractivity contribution >= 4 is 23.2 Å². The van der Waals surface area contributed by atoms with E-state index in [1.165, 1.54) is 0 Å². The van der Waals surface area contributed by atoms with Crippen LogP contribution in [0.15, 0.2) is 41.8 Å². The second-order valence-electron chi connectivity index (χ2n) is 6.13. The van der Waals surface area contributed by atoms with Gasteiger partial charge < -0.3 is 10.6 Å². The molecule has 1 aromatic carbocycles. The predicted molar refractivity (Wildman–Crippen MR) is 98.2 cm³/mol. The minimum Gasteiger partial charge on any atom is -0.352 e. The van der Waals surface area contributed by atoms with Crippen LogP contribution in [0.5, 0.6) is 0 Å². The molecule has 0 radical (unpaired) electrons. The molecule has 2 aromatic rings. The van der Waals surface area contributed by atoms with Gasteiger partial charge in [0.2, 0.25) is 5.91 Å². The van der Waals surface area contributed by atoms with Crippen molar-refractivity contribution in [3.05, 3.63) is 57.8 Å². The first-order chi connectivity index (χ1) is 11.5. The number of rotatable bonds is 7. The molecule has 1 aromatic heterocycles. The Kier molecular flexibility index (Phi) is 6.55. The van der Waals surface area contributed by atoms with Crippen LogP contribution in [0.1, 0.15) is 47.1 Å². The Balaban J connectivity index is 1.83. The predicted octanol–water partition coefficient (Wildman–Crippen LogP) is 3.69. The molecule has 1 heterocycles. The van der Waals surface area contributed by atoms with Crippen molar-refractivity contribution in [1.82, 2.24) is 10.6 Å². The van der Waals surface area contributed by atoms with E-state index in [0.29, 0.717) is 18.0 Å². The summed E-state index contributed by atoms with van der Waals surface area (Å²) in [5.41, 5.74) is 1.58. The Morgan fingerprint density at radius 3 is 2.50 bits per heavy atom. The van der Waals surface area contributed by atoms with Crippen LogP contribution < -0.4 is 10.6 Å². The molecule has 0 fully saturated rings. The zero-order valence-electron chi connectivity index (χ0n) is 14.3. The van der Waals surface area contributed by atoms with Crippen LogP contribution in [0.4, 0.5) is 0 Å². The van der Waals surface area contributed by atoms with E-state index in [9.17, 15) is 9.59 Å². The summed E-state index contributed by atoms with van der Waals surface area (Å²) >= 11 is 1.64. The summed E-state index contributed by atoms with van der Waals surface area (Å²) in [5.74, 6) is 0.126. The Bertz CT molecular complexity index is 680. The molecule has 1 atom stereocenters. The number of hydrogen-bond donors (Lipinski definition) is 2. The topological polar surface area (TPSA) is 58.2 Å². The third-order valence-electron chi connectivity index (χ3n) is 3.86. The number of carbonyl (C=O) groups is 2. The molecule has 24 heavy (non-hydrogen) atoms. The van der Waals surface area contributed by atoms with Crippen molar-refractivity contribution < 1.29 is 9.59 Å². The van der Waals surface area contributed by atoms with Crippen molar-refractivity contribution in [3.63, 3.8) is 0 Å². The molecule has 5 heteroatoms.